The summed E-state index contributed by atoms with van der Waals surface area (Å²) in [6.07, 6.45) is 1.92. The van der Waals surface area contributed by atoms with Crippen molar-refractivity contribution < 1.29 is 61.6 Å². The van der Waals surface area contributed by atoms with Crippen LogP contribution in [0.3, 0.4) is 0 Å². The maximum absolute atomic E-state index is 14.0. The molecule has 6 aromatic rings. The van der Waals surface area contributed by atoms with Crippen LogP contribution >= 0.6 is 0 Å². The zero-order valence-electron chi connectivity index (χ0n) is 39.2. The third-order valence-corrected chi connectivity index (χ3v) is 10.6. The van der Waals surface area contributed by atoms with Crippen LogP contribution in [0.15, 0.2) is 91.0 Å². The molecular formula is C53H62N2O13. The average molecular weight is 935 g/mol. The largest absolute Gasteiger partial charge is 0.487 e. The summed E-state index contributed by atoms with van der Waals surface area (Å²) in [4.78, 5) is 14.0. The van der Waals surface area contributed by atoms with Gasteiger partial charge < -0.3 is 62.2 Å². The molecule has 0 spiro atoms. The highest BCUT2D eigenvalue weighted by Crippen LogP contribution is 2.40. The number of nitrogens with one attached hydrogen (secondary N) is 1. The normalized spacial score (nSPS) is 11.7. The van der Waals surface area contributed by atoms with Crippen LogP contribution in [-0.4, -0.2) is 146 Å². The molecule has 0 aliphatic heterocycles. The van der Waals surface area contributed by atoms with Crippen LogP contribution in [0.2, 0.25) is 0 Å². The Morgan fingerprint density at radius 3 is 1.44 bits per heavy atom. The van der Waals surface area contributed by atoms with Crippen molar-refractivity contribution >= 4 is 55.6 Å². The molecule has 1 amide bonds. The van der Waals surface area contributed by atoms with E-state index in [9.17, 15) is 10.1 Å². The summed E-state index contributed by atoms with van der Waals surface area (Å²) >= 11 is 0. The number of methoxy groups -OCH3 is 3. The molecule has 6 rings (SSSR count). The number of carbonyl (C=O) groups excluding carboxylic acids is 1. The topological polar surface area (TPSA) is 164 Å². The van der Waals surface area contributed by atoms with E-state index in [1.165, 1.54) is 21.5 Å². The van der Waals surface area contributed by atoms with Crippen molar-refractivity contribution in [2.24, 2.45) is 0 Å². The first-order valence-electron chi connectivity index (χ1n) is 22.7. The molecule has 0 saturated carbocycles. The van der Waals surface area contributed by atoms with Crippen molar-refractivity contribution in [3.8, 4) is 23.3 Å². The molecule has 15 heteroatoms. The molecule has 0 aliphatic carbocycles. The molecule has 0 atom stereocenters. The zero-order valence-corrected chi connectivity index (χ0v) is 39.2. The zero-order chi connectivity index (χ0) is 47.6. The van der Waals surface area contributed by atoms with E-state index in [1.807, 2.05) is 18.2 Å². The number of nitriles is 1. The monoisotopic (exact) mass is 934 g/mol. The van der Waals surface area contributed by atoms with Crippen molar-refractivity contribution in [2.45, 2.75) is 0 Å². The fraction of sp³-hybridized carbons (Fsp3) is 0.396. The van der Waals surface area contributed by atoms with Crippen LogP contribution in [0.25, 0.3) is 44.0 Å². The number of hydrogen-bond donors (Lipinski definition) is 1. The number of hydrogen-bond acceptors (Lipinski definition) is 14. The van der Waals surface area contributed by atoms with Crippen LogP contribution < -0.4 is 19.5 Å². The van der Waals surface area contributed by atoms with E-state index < -0.39 is 5.91 Å². The quantitative estimate of drug-likeness (QED) is 0.0179. The summed E-state index contributed by atoms with van der Waals surface area (Å²) in [6, 6.07) is 31.8. The molecule has 1 N–H and O–H groups in total. The number of benzene rings is 6. The Morgan fingerprint density at radius 2 is 0.941 bits per heavy atom. The Bertz CT molecular complexity index is 2450. The van der Waals surface area contributed by atoms with Crippen molar-refractivity contribution in [2.75, 3.05) is 146 Å². The molecule has 0 radical (unpaired) electrons. The SMILES string of the molecule is COCCOCCOCCOc1cc(C(=O)Nc2ccc(C(C#N)=Cc3ccc4ccc5cccc6ccc3c4c56)cc2)cc(OCCOCCOCCOC)c1OCCOCCOCCOC. The maximum Gasteiger partial charge on any atom is 0.255 e. The fourth-order valence-corrected chi connectivity index (χ4v) is 7.24. The third-order valence-electron chi connectivity index (χ3n) is 10.6. The molecule has 0 aromatic heterocycles. The van der Waals surface area contributed by atoms with E-state index in [1.54, 1.807) is 45.6 Å². The summed E-state index contributed by atoms with van der Waals surface area (Å²) in [5.74, 6) is 0.411. The molecule has 68 heavy (non-hydrogen) atoms. The smallest absolute Gasteiger partial charge is 0.255 e. The van der Waals surface area contributed by atoms with Gasteiger partial charge in [0.05, 0.1) is 111 Å². The van der Waals surface area contributed by atoms with Crippen molar-refractivity contribution in [1.29, 1.82) is 5.26 Å². The van der Waals surface area contributed by atoms with Gasteiger partial charge in [-0.25, -0.2) is 0 Å². The minimum Gasteiger partial charge on any atom is -0.487 e. The van der Waals surface area contributed by atoms with Crippen molar-refractivity contribution in [1.82, 2.24) is 0 Å². The van der Waals surface area contributed by atoms with Crippen LogP contribution in [0.5, 0.6) is 17.2 Å². The molecule has 0 bridgehead atoms. The molecular weight excluding hydrogens is 873 g/mol. The minimum atomic E-state index is -0.422. The summed E-state index contributed by atoms with van der Waals surface area (Å²) in [5.41, 5.74) is 2.92. The predicted molar refractivity (Wildman–Crippen MR) is 261 cm³/mol. The molecule has 6 aromatic carbocycles. The second-order valence-electron chi connectivity index (χ2n) is 15.2. The number of nitrogens with zero attached hydrogens (tertiary/aromatic N) is 1. The first-order valence-corrected chi connectivity index (χ1v) is 22.7. The van der Waals surface area contributed by atoms with E-state index in [2.05, 4.69) is 66.0 Å². The van der Waals surface area contributed by atoms with Gasteiger partial charge in [-0.15, -0.1) is 0 Å². The lowest BCUT2D eigenvalue weighted by molar-refractivity contribution is 0.0146. The third kappa shape index (κ3) is 15.6. The number of allylic oxidation sites excluding steroid dienone is 1. The number of amides is 1. The van der Waals surface area contributed by atoms with Gasteiger partial charge in [0.1, 0.15) is 19.8 Å². The molecule has 0 aliphatic rings. The summed E-state index contributed by atoms with van der Waals surface area (Å²) in [7, 11) is 4.85. The number of rotatable bonds is 34. The van der Waals surface area contributed by atoms with Crippen LogP contribution in [0.4, 0.5) is 5.69 Å². The molecule has 0 fully saturated rings. The highest BCUT2D eigenvalue weighted by atomic mass is 16.6. The second-order valence-corrected chi connectivity index (χ2v) is 15.2. The first kappa shape index (κ1) is 51.5. The van der Waals surface area contributed by atoms with Gasteiger partial charge in [0.25, 0.3) is 5.91 Å². The van der Waals surface area contributed by atoms with Gasteiger partial charge >= 0.3 is 0 Å². The molecule has 15 nitrogen and oxygen atoms in total. The fourth-order valence-electron chi connectivity index (χ4n) is 7.24. The number of carbonyl (C=O) groups is 1. The predicted octanol–water partition coefficient (Wildman–Crippen LogP) is 8.08. The second kappa shape index (κ2) is 29.1. The van der Waals surface area contributed by atoms with Gasteiger partial charge in [-0.3, -0.25) is 4.79 Å². The van der Waals surface area contributed by atoms with E-state index in [-0.39, 0.29) is 62.5 Å². The van der Waals surface area contributed by atoms with Crippen LogP contribution in [0, 0.1) is 11.3 Å². The van der Waals surface area contributed by atoms with Gasteiger partial charge in [-0.1, -0.05) is 66.7 Å². The van der Waals surface area contributed by atoms with Crippen molar-refractivity contribution in [3.63, 3.8) is 0 Å². The standard InChI is InChI=1S/C53H62N2O13/c1-57-17-20-60-23-26-63-29-32-66-48-36-44(37-49(67-33-30-64-27-24-61-21-18-58-2)52(48)68-34-31-65-28-25-62-22-19-59-3)53(56)55-46-14-11-39(12-15-46)45(38-54)35-43-10-9-42-8-7-40-5-4-6-41-13-16-47(43)51(42)50(40)41/h4-16,35-37H,17-34H2,1-3H3,(H,55,56). The molecule has 0 unspecified atom stereocenters. The van der Waals surface area contributed by atoms with E-state index in [0.29, 0.717) is 96.1 Å². The lowest BCUT2D eigenvalue weighted by atomic mass is 9.91. The highest BCUT2D eigenvalue weighted by molar-refractivity contribution is 6.24. The number of ether oxygens (including phenoxy) is 12. The van der Waals surface area contributed by atoms with Gasteiger partial charge in [-0.05, 0) is 73.8 Å². The Morgan fingerprint density at radius 1 is 0.500 bits per heavy atom. The van der Waals surface area contributed by atoms with Gasteiger partial charge in [0, 0.05) is 32.6 Å². The first-order chi connectivity index (χ1) is 33.5. The minimum absolute atomic E-state index is 0.144. The Balaban J connectivity index is 1.17. The Labute approximate surface area is 397 Å². The molecule has 0 saturated heterocycles. The lowest BCUT2D eigenvalue weighted by Gasteiger charge is -2.19. The maximum atomic E-state index is 14.0. The van der Waals surface area contributed by atoms with Gasteiger partial charge in [0.2, 0.25) is 5.75 Å². The van der Waals surface area contributed by atoms with Crippen LogP contribution in [-0.2, 0) is 42.6 Å². The Hall–Kier alpha value is -5.90. The van der Waals surface area contributed by atoms with E-state index >= 15 is 0 Å². The highest BCUT2D eigenvalue weighted by Gasteiger charge is 2.20. The van der Waals surface area contributed by atoms with Gasteiger partial charge in [-0.2, -0.15) is 5.26 Å². The number of anilines is 1. The Kier molecular flexibility index (Phi) is 22.0. The summed E-state index contributed by atoms with van der Waals surface area (Å²) in [5, 5.41) is 20.3. The van der Waals surface area contributed by atoms with Gasteiger partial charge in [0.15, 0.2) is 11.5 Å². The van der Waals surface area contributed by atoms with Crippen molar-refractivity contribution in [3.05, 3.63) is 108 Å². The summed E-state index contributed by atoms with van der Waals surface area (Å²) in [6.45, 7) is 6.41. The molecule has 0 heterocycles. The van der Waals surface area contributed by atoms with E-state index in [0.717, 1.165) is 16.3 Å². The molecule has 362 valence electrons. The van der Waals surface area contributed by atoms with E-state index in [4.69, 9.17) is 56.8 Å². The lowest BCUT2D eigenvalue weighted by Crippen LogP contribution is -2.17. The summed E-state index contributed by atoms with van der Waals surface area (Å²) < 4.78 is 67.4. The van der Waals surface area contributed by atoms with Crippen LogP contribution in [0.1, 0.15) is 21.5 Å². The average Bonchev–Trinajstić information content (AvgIpc) is 3.36.